The van der Waals surface area contributed by atoms with Crippen molar-refractivity contribution in [2.24, 2.45) is 0 Å². The zero-order valence-corrected chi connectivity index (χ0v) is 10.7. The smallest absolute Gasteiger partial charge is 0.146 e. The zero-order chi connectivity index (χ0) is 12.3. The molecule has 2 heterocycles. The highest BCUT2D eigenvalue weighted by molar-refractivity contribution is 7.85. The summed E-state index contributed by atoms with van der Waals surface area (Å²) in [6.07, 6.45) is 3.26. The summed E-state index contributed by atoms with van der Waals surface area (Å²) >= 11 is 6.05. The second-order valence-corrected chi connectivity index (χ2v) is 5.97. The maximum Gasteiger partial charge on any atom is 0.146 e. The van der Waals surface area contributed by atoms with E-state index in [0.29, 0.717) is 27.9 Å². The summed E-state index contributed by atoms with van der Waals surface area (Å²) in [5.74, 6) is 1.98. The van der Waals surface area contributed by atoms with Crippen LogP contribution in [0.5, 0.6) is 0 Å². The number of anilines is 1. The summed E-state index contributed by atoms with van der Waals surface area (Å²) < 4.78 is 11.2. The third-order valence-corrected chi connectivity index (χ3v) is 4.50. The van der Waals surface area contributed by atoms with Crippen LogP contribution in [-0.2, 0) is 10.8 Å². The van der Waals surface area contributed by atoms with Crippen molar-refractivity contribution < 1.29 is 4.21 Å². The predicted octanol–water partition coefficient (Wildman–Crippen LogP) is 1.93. The molecule has 4 nitrogen and oxygen atoms in total. The van der Waals surface area contributed by atoms with Gasteiger partial charge in [-0.2, -0.15) is 5.26 Å². The van der Waals surface area contributed by atoms with Gasteiger partial charge in [0.1, 0.15) is 16.9 Å². The fraction of sp³-hybridized carbons (Fsp3) is 0.455. The molecule has 0 saturated carbocycles. The van der Waals surface area contributed by atoms with Crippen LogP contribution >= 0.6 is 11.6 Å². The highest BCUT2D eigenvalue weighted by Crippen LogP contribution is 2.25. The average molecular weight is 270 g/mol. The Bertz CT molecular complexity index is 476. The van der Waals surface area contributed by atoms with E-state index in [-0.39, 0.29) is 6.04 Å². The molecule has 1 aliphatic heterocycles. The van der Waals surface area contributed by atoms with Gasteiger partial charge in [-0.3, -0.25) is 4.21 Å². The van der Waals surface area contributed by atoms with Gasteiger partial charge in [-0.05, 0) is 18.9 Å². The number of halogens is 1. The number of hydrogen-bond donors (Lipinski definition) is 1. The van der Waals surface area contributed by atoms with E-state index in [1.165, 1.54) is 0 Å². The number of nitrogens with zero attached hydrogens (tertiary/aromatic N) is 2. The summed E-state index contributed by atoms with van der Waals surface area (Å²) in [5.41, 5.74) is 0.420. The Labute approximate surface area is 107 Å². The van der Waals surface area contributed by atoms with Crippen molar-refractivity contribution in [1.82, 2.24) is 4.98 Å². The van der Waals surface area contributed by atoms with Crippen LogP contribution in [0.3, 0.4) is 0 Å². The second kappa shape index (κ2) is 5.48. The van der Waals surface area contributed by atoms with Gasteiger partial charge < -0.3 is 5.32 Å². The van der Waals surface area contributed by atoms with Crippen LogP contribution < -0.4 is 5.32 Å². The van der Waals surface area contributed by atoms with Crippen molar-refractivity contribution in [2.75, 3.05) is 16.8 Å². The van der Waals surface area contributed by atoms with E-state index in [0.717, 1.165) is 12.8 Å². The van der Waals surface area contributed by atoms with E-state index in [1.54, 1.807) is 12.3 Å². The van der Waals surface area contributed by atoms with Crippen LogP contribution in [0.15, 0.2) is 12.3 Å². The maximum absolute atomic E-state index is 11.2. The first-order chi connectivity index (χ1) is 8.20. The van der Waals surface area contributed by atoms with Gasteiger partial charge in [0.05, 0.1) is 5.56 Å². The average Bonchev–Trinajstić information content (AvgIpc) is 2.35. The molecule has 1 fully saturated rings. The molecule has 0 spiro atoms. The fourth-order valence-electron chi connectivity index (χ4n) is 1.76. The van der Waals surface area contributed by atoms with Gasteiger partial charge in [0.15, 0.2) is 0 Å². The molecule has 1 saturated heterocycles. The summed E-state index contributed by atoms with van der Waals surface area (Å²) in [5, 5.41) is 12.4. The van der Waals surface area contributed by atoms with E-state index in [4.69, 9.17) is 16.9 Å². The first-order valence-corrected chi connectivity index (χ1v) is 7.23. The Morgan fingerprint density at radius 1 is 1.53 bits per heavy atom. The van der Waals surface area contributed by atoms with Crippen LogP contribution in [0.25, 0.3) is 0 Å². The molecule has 17 heavy (non-hydrogen) atoms. The van der Waals surface area contributed by atoms with E-state index < -0.39 is 10.8 Å². The van der Waals surface area contributed by atoms with Crippen LogP contribution in [0.1, 0.15) is 18.4 Å². The van der Waals surface area contributed by atoms with Crippen molar-refractivity contribution in [3.63, 3.8) is 0 Å². The van der Waals surface area contributed by atoms with E-state index >= 15 is 0 Å². The Balaban J connectivity index is 2.09. The lowest BCUT2D eigenvalue weighted by molar-refractivity contribution is 0.622. The van der Waals surface area contributed by atoms with Gasteiger partial charge in [-0.25, -0.2) is 4.98 Å². The minimum absolute atomic E-state index is 0.242. The molecular formula is C11H12ClN3OS. The quantitative estimate of drug-likeness (QED) is 0.891. The molecule has 1 aromatic rings. The molecule has 1 aliphatic rings. The van der Waals surface area contributed by atoms with Crippen molar-refractivity contribution in [2.45, 2.75) is 18.9 Å². The van der Waals surface area contributed by atoms with Crippen LogP contribution in [0, 0.1) is 11.3 Å². The first kappa shape index (κ1) is 12.3. The number of hydrogen-bond acceptors (Lipinski definition) is 4. The molecule has 0 radical (unpaired) electrons. The largest absolute Gasteiger partial charge is 0.366 e. The van der Waals surface area contributed by atoms with Crippen molar-refractivity contribution in [3.8, 4) is 6.07 Å². The maximum atomic E-state index is 11.2. The van der Waals surface area contributed by atoms with Crippen molar-refractivity contribution >= 4 is 28.2 Å². The van der Waals surface area contributed by atoms with Crippen LogP contribution in [-0.4, -0.2) is 26.7 Å². The van der Waals surface area contributed by atoms with Gasteiger partial charge in [-0.15, -0.1) is 0 Å². The number of pyridine rings is 1. The SMILES string of the molecule is N#Cc1ccnc(NC2CCS(=O)CC2)c1Cl. The van der Waals surface area contributed by atoms with Crippen LogP contribution in [0.2, 0.25) is 5.02 Å². The molecular weight excluding hydrogens is 258 g/mol. The molecule has 90 valence electrons. The van der Waals surface area contributed by atoms with Gasteiger partial charge in [-0.1, -0.05) is 11.6 Å². The highest BCUT2D eigenvalue weighted by atomic mass is 35.5. The van der Waals surface area contributed by atoms with Gasteiger partial charge in [0.2, 0.25) is 0 Å². The van der Waals surface area contributed by atoms with Crippen LogP contribution in [0.4, 0.5) is 5.82 Å². The van der Waals surface area contributed by atoms with Gasteiger partial charge in [0.25, 0.3) is 0 Å². The van der Waals surface area contributed by atoms with Crippen molar-refractivity contribution in [3.05, 3.63) is 22.8 Å². The number of rotatable bonds is 2. The van der Waals surface area contributed by atoms with Gasteiger partial charge in [0, 0.05) is 34.5 Å². The summed E-state index contributed by atoms with van der Waals surface area (Å²) in [7, 11) is -0.676. The number of nitriles is 1. The third-order valence-electron chi connectivity index (χ3n) is 2.74. The molecule has 0 amide bonds. The molecule has 1 N–H and O–H groups in total. The van der Waals surface area contributed by atoms with E-state index in [2.05, 4.69) is 10.3 Å². The molecule has 0 bridgehead atoms. The molecule has 1 aromatic heterocycles. The normalized spacial score (nSPS) is 24.0. The molecule has 0 aliphatic carbocycles. The number of nitrogens with one attached hydrogen (secondary N) is 1. The van der Waals surface area contributed by atoms with Gasteiger partial charge >= 0.3 is 0 Å². The minimum Gasteiger partial charge on any atom is -0.366 e. The monoisotopic (exact) mass is 269 g/mol. The van der Waals surface area contributed by atoms with Crippen molar-refractivity contribution in [1.29, 1.82) is 5.26 Å². The molecule has 0 atom stereocenters. The highest BCUT2D eigenvalue weighted by Gasteiger charge is 2.19. The summed E-state index contributed by atoms with van der Waals surface area (Å²) in [6, 6.07) is 3.85. The lowest BCUT2D eigenvalue weighted by atomic mass is 10.1. The third kappa shape index (κ3) is 2.96. The van der Waals surface area contributed by atoms with E-state index in [1.807, 2.05) is 6.07 Å². The topological polar surface area (TPSA) is 65.8 Å². The number of aromatic nitrogens is 1. The molecule has 0 unspecified atom stereocenters. The molecule has 0 aromatic carbocycles. The predicted molar refractivity (Wildman–Crippen MR) is 68.5 cm³/mol. The lowest BCUT2D eigenvalue weighted by Gasteiger charge is -2.23. The Morgan fingerprint density at radius 3 is 2.88 bits per heavy atom. The Kier molecular flexibility index (Phi) is 3.97. The van der Waals surface area contributed by atoms with E-state index in [9.17, 15) is 4.21 Å². The first-order valence-electron chi connectivity index (χ1n) is 5.37. The Morgan fingerprint density at radius 2 is 2.24 bits per heavy atom. The lowest BCUT2D eigenvalue weighted by Crippen LogP contribution is -2.29. The standard InChI is InChI=1S/C11H12ClN3OS/c12-10-8(7-13)1-4-14-11(10)15-9-2-5-17(16)6-3-9/h1,4,9H,2-3,5-6H2,(H,14,15). The summed E-state index contributed by atoms with van der Waals surface area (Å²) in [6.45, 7) is 0. The second-order valence-electron chi connectivity index (χ2n) is 3.90. The molecule has 6 heteroatoms. The molecule has 2 rings (SSSR count). The Hall–Kier alpha value is -1.12. The minimum atomic E-state index is -0.676. The summed E-state index contributed by atoms with van der Waals surface area (Å²) in [4.78, 5) is 4.13. The zero-order valence-electron chi connectivity index (χ0n) is 9.15. The fourth-order valence-corrected chi connectivity index (χ4v) is 3.27.